The molecule has 3 rings (SSSR count). The van der Waals surface area contributed by atoms with Gasteiger partial charge in [-0.3, -0.25) is 0 Å². The molecule has 1 aliphatic rings. The average molecular weight is 384 g/mol. The van der Waals surface area contributed by atoms with Crippen molar-refractivity contribution < 1.29 is 22.6 Å². The zero-order valence-corrected chi connectivity index (χ0v) is 15.4. The van der Waals surface area contributed by atoms with Gasteiger partial charge >= 0.3 is 0 Å². The predicted octanol–water partition coefficient (Wildman–Crippen LogP) is 2.64. The molecule has 0 saturated heterocycles. The van der Waals surface area contributed by atoms with E-state index in [4.69, 9.17) is 25.8 Å². The minimum Gasteiger partial charge on any atom is -0.495 e. The molecule has 134 valence electrons. The number of ether oxygens (including phenoxy) is 3. The van der Waals surface area contributed by atoms with Crippen LogP contribution < -0.4 is 18.9 Å². The van der Waals surface area contributed by atoms with E-state index in [2.05, 4.69) is 4.72 Å². The summed E-state index contributed by atoms with van der Waals surface area (Å²) in [6.07, 6.45) is 0.495. The van der Waals surface area contributed by atoms with E-state index < -0.39 is 16.1 Å². The summed E-state index contributed by atoms with van der Waals surface area (Å²) in [5, 5.41) is 0.316. The lowest BCUT2D eigenvalue weighted by Crippen LogP contribution is -2.42. The summed E-state index contributed by atoms with van der Waals surface area (Å²) in [6.45, 7) is 0.204. The molecule has 0 saturated carbocycles. The largest absolute Gasteiger partial charge is 0.495 e. The Morgan fingerprint density at radius 2 is 1.92 bits per heavy atom. The minimum absolute atomic E-state index is 0.000982. The molecule has 0 spiro atoms. The van der Waals surface area contributed by atoms with Gasteiger partial charge in [0.2, 0.25) is 10.0 Å². The van der Waals surface area contributed by atoms with Gasteiger partial charge in [0.05, 0.1) is 20.3 Å². The molecule has 8 heteroatoms. The zero-order chi connectivity index (χ0) is 18.0. The molecule has 2 aromatic rings. The van der Waals surface area contributed by atoms with Crippen LogP contribution in [0, 0.1) is 0 Å². The molecule has 0 bridgehead atoms. The van der Waals surface area contributed by atoms with E-state index in [0.717, 1.165) is 5.56 Å². The first-order chi connectivity index (χ1) is 11.9. The SMILES string of the molecule is COc1ccc(Cl)cc1S(=O)(=O)NC1COc2c(cccc2OC)C1. The van der Waals surface area contributed by atoms with Crippen LogP contribution in [0.4, 0.5) is 0 Å². The number of sulfonamides is 1. The number of para-hydroxylation sites is 1. The van der Waals surface area contributed by atoms with Gasteiger partial charge in [0.1, 0.15) is 17.3 Å². The smallest absolute Gasteiger partial charge is 0.244 e. The average Bonchev–Trinajstić information content (AvgIpc) is 2.60. The molecule has 0 fully saturated rings. The van der Waals surface area contributed by atoms with Crippen LogP contribution in [0.3, 0.4) is 0 Å². The standard InChI is InChI=1S/C17H18ClNO5S/c1-22-14-7-6-12(18)9-16(14)25(20,21)19-13-8-11-4-3-5-15(23-2)17(11)24-10-13/h3-7,9,13,19H,8,10H2,1-2H3. The van der Waals surface area contributed by atoms with E-state index >= 15 is 0 Å². The highest BCUT2D eigenvalue weighted by Crippen LogP contribution is 2.35. The van der Waals surface area contributed by atoms with E-state index in [-0.39, 0.29) is 17.3 Å². The second kappa shape index (κ2) is 7.11. The molecule has 1 N–H and O–H groups in total. The molecule has 6 nitrogen and oxygen atoms in total. The maximum Gasteiger partial charge on any atom is 0.244 e. The first-order valence-electron chi connectivity index (χ1n) is 7.59. The van der Waals surface area contributed by atoms with Gasteiger partial charge in [-0.15, -0.1) is 0 Å². The van der Waals surface area contributed by atoms with Crippen LogP contribution in [-0.2, 0) is 16.4 Å². The van der Waals surface area contributed by atoms with Gasteiger partial charge in [0.25, 0.3) is 0 Å². The van der Waals surface area contributed by atoms with Crippen LogP contribution in [0.25, 0.3) is 0 Å². The maximum atomic E-state index is 12.7. The van der Waals surface area contributed by atoms with Gasteiger partial charge in [0.15, 0.2) is 11.5 Å². The first kappa shape index (κ1) is 17.8. The van der Waals surface area contributed by atoms with Gasteiger partial charge in [-0.25, -0.2) is 13.1 Å². The van der Waals surface area contributed by atoms with Gasteiger partial charge in [-0.05, 0) is 36.2 Å². The summed E-state index contributed by atoms with van der Waals surface area (Å²) in [4.78, 5) is -0.000982. The van der Waals surface area contributed by atoms with E-state index in [9.17, 15) is 8.42 Å². The molecule has 0 radical (unpaired) electrons. The normalized spacial score (nSPS) is 16.7. The number of methoxy groups -OCH3 is 2. The summed E-state index contributed by atoms with van der Waals surface area (Å²) in [7, 11) is -0.834. The van der Waals surface area contributed by atoms with Gasteiger partial charge in [0, 0.05) is 5.02 Å². The fraction of sp³-hybridized carbons (Fsp3) is 0.294. The van der Waals surface area contributed by atoms with Crippen LogP contribution in [0.2, 0.25) is 5.02 Å². The molecular formula is C17H18ClNO5S. The van der Waals surface area contributed by atoms with E-state index in [1.807, 2.05) is 12.1 Å². The number of hydrogen-bond donors (Lipinski definition) is 1. The van der Waals surface area contributed by atoms with Crippen molar-refractivity contribution in [3.05, 3.63) is 47.0 Å². The summed E-state index contributed by atoms with van der Waals surface area (Å²) in [6, 6.07) is 9.59. The highest BCUT2D eigenvalue weighted by atomic mass is 35.5. The molecule has 1 atom stereocenters. The topological polar surface area (TPSA) is 73.9 Å². The Labute approximate surface area is 151 Å². The van der Waals surface area contributed by atoms with Crippen LogP contribution >= 0.6 is 11.6 Å². The molecular weight excluding hydrogens is 366 g/mol. The van der Waals surface area contributed by atoms with Crippen LogP contribution in [0.15, 0.2) is 41.3 Å². The second-order valence-electron chi connectivity index (χ2n) is 5.58. The fourth-order valence-corrected chi connectivity index (χ4v) is 4.43. The minimum atomic E-state index is -3.81. The summed E-state index contributed by atoms with van der Waals surface area (Å²) in [5.74, 6) is 1.52. The Morgan fingerprint density at radius 1 is 1.16 bits per heavy atom. The predicted molar refractivity (Wildman–Crippen MR) is 94.3 cm³/mol. The van der Waals surface area contributed by atoms with E-state index in [1.54, 1.807) is 19.2 Å². The molecule has 1 heterocycles. The molecule has 0 aromatic heterocycles. The van der Waals surface area contributed by atoms with Crippen LogP contribution in [0.1, 0.15) is 5.56 Å². The number of fused-ring (bicyclic) bond motifs is 1. The highest BCUT2D eigenvalue weighted by Gasteiger charge is 2.28. The third kappa shape index (κ3) is 3.68. The summed E-state index contributed by atoms with van der Waals surface area (Å²) >= 11 is 5.94. The van der Waals surface area contributed by atoms with Crippen LogP contribution in [-0.4, -0.2) is 35.3 Å². The van der Waals surface area contributed by atoms with E-state index in [1.165, 1.54) is 19.2 Å². The second-order valence-corrected chi connectivity index (χ2v) is 7.70. The van der Waals surface area contributed by atoms with Crippen molar-refractivity contribution in [1.82, 2.24) is 4.72 Å². The monoisotopic (exact) mass is 383 g/mol. The molecule has 1 unspecified atom stereocenters. The lowest BCUT2D eigenvalue weighted by Gasteiger charge is -2.27. The van der Waals surface area contributed by atoms with Crippen molar-refractivity contribution in [2.75, 3.05) is 20.8 Å². The van der Waals surface area contributed by atoms with Crippen molar-refractivity contribution in [2.24, 2.45) is 0 Å². The van der Waals surface area contributed by atoms with Crippen molar-refractivity contribution in [3.8, 4) is 17.2 Å². The first-order valence-corrected chi connectivity index (χ1v) is 9.45. The lowest BCUT2D eigenvalue weighted by atomic mass is 10.0. The Hall–Kier alpha value is -1.96. The molecule has 0 aliphatic carbocycles. The molecule has 1 aliphatic heterocycles. The number of nitrogens with one attached hydrogen (secondary N) is 1. The number of benzene rings is 2. The third-order valence-corrected chi connectivity index (χ3v) is 5.69. The Balaban J connectivity index is 1.84. The van der Waals surface area contributed by atoms with E-state index in [0.29, 0.717) is 22.9 Å². The van der Waals surface area contributed by atoms with Crippen molar-refractivity contribution in [1.29, 1.82) is 0 Å². The van der Waals surface area contributed by atoms with Crippen molar-refractivity contribution in [3.63, 3.8) is 0 Å². The van der Waals surface area contributed by atoms with Crippen LogP contribution in [0.5, 0.6) is 17.2 Å². The Bertz CT molecular complexity index is 885. The fourth-order valence-electron chi connectivity index (χ4n) is 2.77. The third-order valence-electron chi connectivity index (χ3n) is 3.91. The quantitative estimate of drug-likeness (QED) is 0.859. The number of halogens is 1. The maximum absolute atomic E-state index is 12.7. The lowest BCUT2D eigenvalue weighted by molar-refractivity contribution is 0.240. The Morgan fingerprint density at radius 3 is 2.64 bits per heavy atom. The molecule has 2 aromatic carbocycles. The zero-order valence-electron chi connectivity index (χ0n) is 13.8. The van der Waals surface area contributed by atoms with Gasteiger partial charge in [-0.2, -0.15) is 0 Å². The molecule has 25 heavy (non-hydrogen) atoms. The summed E-state index contributed by atoms with van der Waals surface area (Å²) < 4.78 is 44.2. The molecule has 0 amide bonds. The summed E-state index contributed by atoms with van der Waals surface area (Å²) in [5.41, 5.74) is 0.886. The number of rotatable bonds is 5. The van der Waals surface area contributed by atoms with Crippen molar-refractivity contribution >= 4 is 21.6 Å². The van der Waals surface area contributed by atoms with Gasteiger partial charge < -0.3 is 14.2 Å². The highest BCUT2D eigenvalue weighted by molar-refractivity contribution is 7.89. The Kier molecular flexibility index (Phi) is 5.08. The number of hydrogen-bond acceptors (Lipinski definition) is 5. The van der Waals surface area contributed by atoms with Gasteiger partial charge in [-0.1, -0.05) is 23.7 Å². The van der Waals surface area contributed by atoms with Crippen molar-refractivity contribution in [2.45, 2.75) is 17.4 Å².